The molecule has 160 valence electrons. The quantitative estimate of drug-likeness (QED) is 0.424. The number of pyridine rings is 1. The summed E-state index contributed by atoms with van der Waals surface area (Å²) in [4.78, 5) is 4.91. The molecule has 0 saturated heterocycles. The fourth-order valence-corrected chi connectivity index (χ4v) is 3.92. The standard InChI is InChI=1S/C25H27N3O3/c1-6-17-11-7-9-15(2)22(17)27-25-23(26-21-12-8-10-16(3)28(21)25)18-13-19(30-4)24(29)20(14-18)31-5/h7-14,27,29H,6H2,1-5H3. The minimum atomic E-state index is -0.0321. The summed E-state index contributed by atoms with van der Waals surface area (Å²) < 4.78 is 12.9. The molecule has 2 aromatic carbocycles. The van der Waals surface area contributed by atoms with E-state index < -0.39 is 0 Å². The van der Waals surface area contributed by atoms with Gasteiger partial charge in [-0.3, -0.25) is 4.40 Å². The number of nitrogens with zero attached hydrogens (tertiary/aromatic N) is 2. The Morgan fingerprint density at radius 1 is 1.00 bits per heavy atom. The van der Waals surface area contributed by atoms with Gasteiger partial charge in [-0.15, -0.1) is 0 Å². The number of methoxy groups -OCH3 is 2. The lowest BCUT2D eigenvalue weighted by Gasteiger charge is -2.17. The fourth-order valence-electron chi connectivity index (χ4n) is 3.92. The van der Waals surface area contributed by atoms with Crippen LogP contribution in [-0.2, 0) is 6.42 Å². The molecular formula is C25H27N3O3. The van der Waals surface area contributed by atoms with Crippen molar-refractivity contribution in [3.05, 3.63) is 65.4 Å². The summed E-state index contributed by atoms with van der Waals surface area (Å²) >= 11 is 0. The number of aromatic nitrogens is 2. The normalized spacial score (nSPS) is 11.0. The average Bonchev–Trinajstić information content (AvgIpc) is 3.15. The van der Waals surface area contributed by atoms with E-state index in [1.54, 1.807) is 12.1 Å². The topological polar surface area (TPSA) is 68.0 Å². The number of hydrogen-bond acceptors (Lipinski definition) is 5. The molecule has 6 nitrogen and oxygen atoms in total. The first kappa shape index (κ1) is 20.6. The third-order valence-electron chi connectivity index (χ3n) is 5.58. The molecule has 0 radical (unpaired) electrons. The van der Waals surface area contributed by atoms with Gasteiger partial charge in [0.2, 0.25) is 5.75 Å². The minimum Gasteiger partial charge on any atom is -0.502 e. The SMILES string of the molecule is CCc1cccc(C)c1Nc1c(-c2cc(OC)c(O)c(OC)c2)nc2cccc(C)n12. The Kier molecular flexibility index (Phi) is 5.46. The van der Waals surface area contributed by atoms with Gasteiger partial charge < -0.3 is 19.9 Å². The number of anilines is 2. The molecule has 0 aliphatic carbocycles. The predicted octanol–water partition coefficient (Wildman–Crippen LogP) is 5.65. The summed E-state index contributed by atoms with van der Waals surface area (Å²) in [5.41, 5.74) is 6.89. The molecule has 2 aromatic heterocycles. The van der Waals surface area contributed by atoms with Crippen LogP contribution in [0.1, 0.15) is 23.7 Å². The van der Waals surface area contributed by atoms with Crippen molar-refractivity contribution in [2.24, 2.45) is 0 Å². The van der Waals surface area contributed by atoms with Gasteiger partial charge in [0, 0.05) is 16.9 Å². The lowest BCUT2D eigenvalue weighted by Crippen LogP contribution is -2.03. The Balaban J connectivity index is 2.00. The molecule has 2 heterocycles. The summed E-state index contributed by atoms with van der Waals surface area (Å²) in [6.45, 7) is 6.31. The first-order valence-corrected chi connectivity index (χ1v) is 10.3. The number of para-hydroxylation sites is 1. The number of aryl methyl sites for hydroxylation is 3. The molecule has 2 N–H and O–H groups in total. The number of phenolic OH excluding ortho intramolecular Hbond substituents is 1. The van der Waals surface area contributed by atoms with Crippen molar-refractivity contribution >= 4 is 17.2 Å². The predicted molar refractivity (Wildman–Crippen MR) is 124 cm³/mol. The molecule has 0 atom stereocenters. The average molecular weight is 418 g/mol. The van der Waals surface area contributed by atoms with Crippen LogP contribution in [0, 0.1) is 13.8 Å². The van der Waals surface area contributed by atoms with Crippen LogP contribution in [0.25, 0.3) is 16.9 Å². The van der Waals surface area contributed by atoms with Crippen LogP contribution in [-0.4, -0.2) is 28.7 Å². The second-order valence-electron chi connectivity index (χ2n) is 7.49. The van der Waals surface area contributed by atoms with Crippen molar-refractivity contribution in [1.82, 2.24) is 9.38 Å². The van der Waals surface area contributed by atoms with Crippen molar-refractivity contribution in [3.8, 4) is 28.5 Å². The van der Waals surface area contributed by atoms with Crippen LogP contribution in [0.2, 0.25) is 0 Å². The molecular weight excluding hydrogens is 390 g/mol. The number of hydrogen-bond donors (Lipinski definition) is 2. The lowest BCUT2D eigenvalue weighted by molar-refractivity contribution is 0.340. The van der Waals surface area contributed by atoms with E-state index in [1.165, 1.54) is 19.8 Å². The largest absolute Gasteiger partial charge is 0.502 e. The molecule has 0 fully saturated rings. The molecule has 0 bridgehead atoms. The van der Waals surface area contributed by atoms with Crippen LogP contribution >= 0.6 is 0 Å². The molecule has 6 heteroatoms. The molecule has 0 amide bonds. The van der Waals surface area contributed by atoms with E-state index in [9.17, 15) is 5.11 Å². The molecule has 0 aliphatic heterocycles. The zero-order chi connectivity index (χ0) is 22.1. The number of rotatable bonds is 6. The Morgan fingerprint density at radius 2 is 1.68 bits per heavy atom. The smallest absolute Gasteiger partial charge is 0.200 e. The van der Waals surface area contributed by atoms with Crippen molar-refractivity contribution < 1.29 is 14.6 Å². The van der Waals surface area contributed by atoms with Gasteiger partial charge in [-0.2, -0.15) is 0 Å². The highest BCUT2D eigenvalue weighted by atomic mass is 16.5. The van der Waals surface area contributed by atoms with Gasteiger partial charge in [0.05, 0.1) is 14.2 Å². The van der Waals surface area contributed by atoms with Gasteiger partial charge >= 0.3 is 0 Å². The van der Waals surface area contributed by atoms with E-state index >= 15 is 0 Å². The van der Waals surface area contributed by atoms with Gasteiger partial charge in [-0.25, -0.2) is 4.98 Å². The third-order valence-corrected chi connectivity index (χ3v) is 5.58. The number of fused-ring (bicyclic) bond motifs is 1. The number of phenols is 1. The first-order chi connectivity index (χ1) is 15.0. The Morgan fingerprint density at radius 3 is 2.32 bits per heavy atom. The van der Waals surface area contributed by atoms with Crippen LogP contribution in [0.3, 0.4) is 0 Å². The van der Waals surface area contributed by atoms with E-state index in [0.717, 1.165) is 46.1 Å². The Bertz CT molecular complexity index is 1240. The van der Waals surface area contributed by atoms with Gasteiger partial charge in [0.1, 0.15) is 17.2 Å². The number of imidazole rings is 1. The van der Waals surface area contributed by atoms with Crippen molar-refractivity contribution in [2.75, 3.05) is 19.5 Å². The maximum absolute atomic E-state index is 10.4. The summed E-state index contributed by atoms with van der Waals surface area (Å²) in [5, 5.41) is 14.0. The van der Waals surface area contributed by atoms with Crippen LogP contribution in [0.15, 0.2) is 48.5 Å². The van der Waals surface area contributed by atoms with E-state index in [-0.39, 0.29) is 5.75 Å². The monoisotopic (exact) mass is 417 g/mol. The van der Waals surface area contributed by atoms with Crippen molar-refractivity contribution in [3.63, 3.8) is 0 Å². The van der Waals surface area contributed by atoms with Gasteiger partial charge in [-0.05, 0) is 55.7 Å². The maximum atomic E-state index is 10.4. The summed E-state index contributed by atoms with van der Waals surface area (Å²) in [6.07, 6.45) is 0.913. The second kappa shape index (κ2) is 8.22. The second-order valence-corrected chi connectivity index (χ2v) is 7.49. The Labute approximate surface area is 182 Å². The lowest BCUT2D eigenvalue weighted by atomic mass is 10.1. The van der Waals surface area contributed by atoms with E-state index in [2.05, 4.69) is 54.8 Å². The van der Waals surface area contributed by atoms with E-state index in [0.29, 0.717) is 11.5 Å². The van der Waals surface area contributed by atoms with Gasteiger partial charge in [-0.1, -0.05) is 31.2 Å². The van der Waals surface area contributed by atoms with Crippen LogP contribution in [0.5, 0.6) is 17.2 Å². The fraction of sp³-hybridized carbons (Fsp3) is 0.240. The third kappa shape index (κ3) is 3.54. The number of benzene rings is 2. The summed E-state index contributed by atoms with van der Waals surface area (Å²) in [5.74, 6) is 1.49. The zero-order valence-corrected chi connectivity index (χ0v) is 18.5. The molecule has 0 aliphatic rings. The molecule has 4 rings (SSSR count). The number of nitrogens with one attached hydrogen (secondary N) is 1. The highest BCUT2D eigenvalue weighted by Crippen LogP contribution is 2.42. The Hall–Kier alpha value is -3.67. The molecule has 4 aromatic rings. The highest BCUT2D eigenvalue weighted by molar-refractivity contribution is 5.83. The number of aromatic hydroxyl groups is 1. The first-order valence-electron chi connectivity index (χ1n) is 10.3. The van der Waals surface area contributed by atoms with E-state index in [4.69, 9.17) is 14.5 Å². The van der Waals surface area contributed by atoms with Crippen molar-refractivity contribution in [1.29, 1.82) is 0 Å². The molecule has 31 heavy (non-hydrogen) atoms. The minimum absolute atomic E-state index is 0.0321. The maximum Gasteiger partial charge on any atom is 0.200 e. The van der Waals surface area contributed by atoms with Crippen LogP contribution in [0.4, 0.5) is 11.5 Å². The highest BCUT2D eigenvalue weighted by Gasteiger charge is 2.21. The van der Waals surface area contributed by atoms with E-state index in [1.807, 2.05) is 12.1 Å². The summed E-state index contributed by atoms with van der Waals surface area (Å²) in [6, 6.07) is 15.9. The zero-order valence-electron chi connectivity index (χ0n) is 18.5. The molecule has 0 saturated carbocycles. The van der Waals surface area contributed by atoms with Crippen molar-refractivity contribution in [2.45, 2.75) is 27.2 Å². The van der Waals surface area contributed by atoms with Gasteiger partial charge in [0.25, 0.3) is 0 Å². The van der Waals surface area contributed by atoms with Crippen LogP contribution < -0.4 is 14.8 Å². The molecule has 0 spiro atoms. The summed E-state index contributed by atoms with van der Waals surface area (Å²) in [7, 11) is 3.04. The number of ether oxygens (including phenoxy) is 2. The van der Waals surface area contributed by atoms with Gasteiger partial charge in [0.15, 0.2) is 11.5 Å². The molecule has 0 unspecified atom stereocenters.